The fourth-order valence-corrected chi connectivity index (χ4v) is 3.08. The third-order valence-electron chi connectivity index (χ3n) is 4.37. The Morgan fingerprint density at radius 3 is 2.75 bits per heavy atom. The molecule has 1 aromatic rings. The van der Waals surface area contributed by atoms with Gasteiger partial charge in [0.25, 0.3) is 0 Å². The van der Waals surface area contributed by atoms with Crippen LogP contribution in [0, 0.1) is 11.8 Å². The van der Waals surface area contributed by atoms with Gasteiger partial charge in [0.15, 0.2) is 0 Å². The summed E-state index contributed by atoms with van der Waals surface area (Å²) in [5.41, 5.74) is 5.42. The molecule has 0 spiro atoms. The van der Waals surface area contributed by atoms with Gasteiger partial charge in [-0.1, -0.05) is 0 Å². The number of carbonyl (C=O) groups excluding carboxylic acids is 2. The van der Waals surface area contributed by atoms with E-state index in [1.54, 1.807) is 0 Å². The number of nitrogen functional groups attached to an aromatic ring is 1. The number of ether oxygens (including phenoxy) is 1. The molecule has 0 aromatic carbocycles. The van der Waals surface area contributed by atoms with Crippen molar-refractivity contribution in [1.29, 1.82) is 0 Å². The minimum Gasteiger partial charge on any atom is -0.378 e. The van der Waals surface area contributed by atoms with Crippen LogP contribution in [-0.4, -0.2) is 71.3 Å². The Bertz CT molecular complexity index is 585. The fourth-order valence-electron chi connectivity index (χ4n) is 3.08. The number of aromatic nitrogens is 3. The summed E-state index contributed by atoms with van der Waals surface area (Å²) in [4.78, 5) is 30.7. The van der Waals surface area contributed by atoms with E-state index in [-0.39, 0.29) is 36.1 Å². The maximum Gasteiger partial charge on any atom is 0.239 e. The van der Waals surface area contributed by atoms with Crippen LogP contribution in [0.15, 0.2) is 0 Å². The lowest BCUT2D eigenvalue weighted by atomic mass is 9.88. The van der Waals surface area contributed by atoms with Crippen molar-refractivity contribution >= 4 is 17.8 Å². The molecule has 3 heterocycles. The number of hydrogen-bond donors (Lipinski definition) is 4. The monoisotopic (exact) mass is 337 g/mol. The predicted octanol–water partition coefficient (Wildman–Crippen LogP) is -1.91. The molecule has 3 rings (SSSR count). The topological polar surface area (TPSA) is 138 Å². The highest BCUT2D eigenvalue weighted by atomic mass is 16.5. The van der Waals surface area contributed by atoms with Crippen molar-refractivity contribution in [3.05, 3.63) is 5.82 Å². The van der Waals surface area contributed by atoms with Gasteiger partial charge in [0.05, 0.1) is 31.6 Å². The molecule has 2 atom stereocenters. The lowest BCUT2D eigenvalue weighted by Gasteiger charge is -2.34. The van der Waals surface area contributed by atoms with Gasteiger partial charge in [0.2, 0.25) is 17.8 Å². The lowest BCUT2D eigenvalue weighted by Crippen LogP contribution is -2.51. The number of morpholine rings is 1. The first-order valence-corrected chi connectivity index (χ1v) is 8.15. The average Bonchev–Trinajstić information content (AvgIpc) is 3.05. The third-order valence-corrected chi connectivity index (χ3v) is 4.37. The number of piperidine rings is 1. The standard InChI is InChI=1S/C14H23N7O3/c15-14-18-11(19-20-14)8-17-12(22)9-5-10(7-16-6-9)13(23)21-1-3-24-4-2-21/h9-10,16H,1-8H2,(H,17,22)(H3,15,18,19,20)/t9-,10+/m0/s1. The fraction of sp³-hybridized carbons (Fsp3) is 0.714. The van der Waals surface area contributed by atoms with Gasteiger partial charge in [-0.05, 0) is 6.42 Å². The molecule has 0 saturated carbocycles. The van der Waals surface area contributed by atoms with Crippen LogP contribution in [0.5, 0.6) is 0 Å². The molecule has 2 saturated heterocycles. The number of nitrogens with zero attached hydrogens (tertiary/aromatic N) is 3. The Morgan fingerprint density at radius 2 is 2.04 bits per heavy atom. The van der Waals surface area contributed by atoms with Crippen LogP contribution in [0.2, 0.25) is 0 Å². The highest BCUT2D eigenvalue weighted by Crippen LogP contribution is 2.19. The highest BCUT2D eigenvalue weighted by Gasteiger charge is 2.33. The molecule has 10 heteroatoms. The first kappa shape index (κ1) is 16.7. The Kier molecular flexibility index (Phi) is 5.26. The molecule has 2 aliphatic heterocycles. The number of amides is 2. The molecular weight excluding hydrogens is 314 g/mol. The first-order chi connectivity index (χ1) is 11.6. The van der Waals surface area contributed by atoms with Gasteiger partial charge in [0.1, 0.15) is 5.82 Å². The second-order valence-electron chi connectivity index (χ2n) is 6.08. The number of H-pyrrole nitrogens is 1. The zero-order valence-corrected chi connectivity index (χ0v) is 13.5. The van der Waals surface area contributed by atoms with Crippen molar-refractivity contribution in [3.8, 4) is 0 Å². The van der Waals surface area contributed by atoms with Gasteiger partial charge in [-0.15, -0.1) is 5.10 Å². The van der Waals surface area contributed by atoms with E-state index in [4.69, 9.17) is 10.5 Å². The van der Waals surface area contributed by atoms with E-state index in [0.29, 0.717) is 51.6 Å². The molecule has 2 amide bonds. The third kappa shape index (κ3) is 4.01. The normalized spacial score (nSPS) is 24.6. The molecule has 2 aliphatic rings. The van der Waals surface area contributed by atoms with E-state index < -0.39 is 0 Å². The van der Waals surface area contributed by atoms with Crippen LogP contribution in [0.25, 0.3) is 0 Å². The van der Waals surface area contributed by atoms with Crippen molar-refractivity contribution in [2.24, 2.45) is 11.8 Å². The number of hydrogen-bond acceptors (Lipinski definition) is 7. The number of nitrogens with one attached hydrogen (secondary N) is 3. The molecule has 2 fully saturated rings. The Hall–Kier alpha value is -2.20. The zero-order chi connectivity index (χ0) is 16.9. The van der Waals surface area contributed by atoms with Crippen molar-refractivity contribution in [2.45, 2.75) is 13.0 Å². The van der Waals surface area contributed by atoms with E-state index in [0.717, 1.165) is 0 Å². The van der Waals surface area contributed by atoms with E-state index in [1.165, 1.54) is 0 Å². The first-order valence-electron chi connectivity index (χ1n) is 8.15. The predicted molar refractivity (Wildman–Crippen MR) is 84.5 cm³/mol. The van der Waals surface area contributed by atoms with Crippen LogP contribution < -0.4 is 16.4 Å². The van der Waals surface area contributed by atoms with Crippen molar-refractivity contribution in [2.75, 3.05) is 45.1 Å². The van der Waals surface area contributed by atoms with Crippen LogP contribution in [0.3, 0.4) is 0 Å². The summed E-state index contributed by atoms with van der Waals surface area (Å²) in [6.45, 7) is 3.82. The molecular formula is C14H23N7O3. The number of nitrogens with two attached hydrogens (primary N) is 1. The number of aromatic amines is 1. The van der Waals surface area contributed by atoms with Gasteiger partial charge in [-0.2, -0.15) is 4.98 Å². The zero-order valence-electron chi connectivity index (χ0n) is 13.5. The van der Waals surface area contributed by atoms with E-state index >= 15 is 0 Å². The Balaban J connectivity index is 1.50. The summed E-state index contributed by atoms with van der Waals surface area (Å²) in [5, 5.41) is 12.4. The van der Waals surface area contributed by atoms with Gasteiger partial charge < -0.3 is 26.0 Å². The maximum absolute atomic E-state index is 12.6. The molecule has 24 heavy (non-hydrogen) atoms. The summed E-state index contributed by atoms with van der Waals surface area (Å²) in [6.07, 6.45) is 0.549. The largest absolute Gasteiger partial charge is 0.378 e. The van der Waals surface area contributed by atoms with Crippen LogP contribution in [-0.2, 0) is 20.9 Å². The summed E-state index contributed by atoms with van der Waals surface area (Å²) >= 11 is 0. The van der Waals surface area contributed by atoms with Crippen LogP contribution >= 0.6 is 0 Å². The summed E-state index contributed by atoms with van der Waals surface area (Å²) in [6, 6.07) is 0. The van der Waals surface area contributed by atoms with Crippen LogP contribution in [0.1, 0.15) is 12.2 Å². The van der Waals surface area contributed by atoms with E-state index in [1.807, 2.05) is 4.90 Å². The van der Waals surface area contributed by atoms with Crippen molar-refractivity contribution < 1.29 is 14.3 Å². The molecule has 0 unspecified atom stereocenters. The summed E-state index contributed by atoms with van der Waals surface area (Å²) in [7, 11) is 0. The van der Waals surface area contributed by atoms with Gasteiger partial charge in [-0.3, -0.25) is 14.7 Å². The molecule has 10 nitrogen and oxygen atoms in total. The van der Waals surface area contributed by atoms with Gasteiger partial charge >= 0.3 is 0 Å². The molecule has 0 aliphatic carbocycles. The molecule has 5 N–H and O–H groups in total. The SMILES string of the molecule is Nc1n[nH]c(CNC(=O)[C@@H]2CNC[C@H](C(=O)N3CCOCC3)C2)n1. The molecule has 0 radical (unpaired) electrons. The van der Waals surface area contributed by atoms with Gasteiger partial charge in [-0.25, -0.2) is 0 Å². The summed E-state index contributed by atoms with van der Waals surface area (Å²) in [5.74, 6) is 0.242. The lowest BCUT2D eigenvalue weighted by molar-refractivity contribution is -0.141. The van der Waals surface area contributed by atoms with Gasteiger partial charge in [0, 0.05) is 26.2 Å². The van der Waals surface area contributed by atoms with E-state index in [9.17, 15) is 9.59 Å². The molecule has 132 valence electrons. The van der Waals surface area contributed by atoms with E-state index in [2.05, 4.69) is 25.8 Å². The maximum atomic E-state index is 12.6. The Labute approximate surface area is 139 Å². The smallest absolute Gasteiger partial charge is 0.239 e. The molecule has 0 bridgehead atoms. The number of rotatable bonds is 4. The average molecular weight is 337 g/mol. The van der Waals surface area contributed by atoms with Crippen LogP contribution in [0.4, 0.5) is 5.95 Å². The van der Waals surface area contributed by atoms with Crippen molar-refractivity contribution in [3.63, 3.8) is 0 Å². The minimum atomic E-state index is -0.242. The molecule has 1 aromatic heterocycles. The second kappa shape index (κ2) is 7.58. The quantitative estimate of drug-likeness (QED) is 0.503. The summed E-state index contributed by atoms with van der Waals surface area (Å²) < 4.78 is 5.28. The minimum absolute atomic E-state index is 0.100. The highest BCUT2D eigenvalue weighted by molar-refractivity contribution is 5.83. The number of carbonyl (C=O) groups is 2. The Morgan fingerprint density at radius 1 is 1.29 bits per heavy atom. The second-order valence-corrected chi connectivity index (χ2v) is 6.08. The number of anilines is 1. The van der Waals surface area contributed by atoms with Crippen molar-refractivity contribution in [1.82, 2.24) is 30.7 Å².